The van der Waals surface area contributed by atoms with Crippen molar-refractivity contribution in [3.05, 3.63) is 65.9 Å². The number of nitrogens with one attached hydrogen (secondary N) is 2. The van der Waals surface area contributed by atoms with Crippen LogP contribution in [0, 0.1) is 0 Å². The monoisotopic (exact) mass is 400 g/mol. The molecule has 1 aromatic heterocycles. The molecule has 3 aromatic rings. The molecule has 29 heavy (non-hydrogen) atoms. The molecule has 5 nitrogen and oxygen atoms in total. The Balaban J connectivity index is 1.34. The zero-order valence-corrected chi connectivity index (χ0v) is 15.5. The van der Waals surface area contributed by atoms with Crippen molar-refractivity contribution in [3.63, 3.8) is 0 Å². The number of nitrogens with zero attached hydrogens (tertiary/aromatic N) is 2. The molecule has 0 aliphatic carbocycles. The summed E-state index contributed by atoms with van der Waals surface area (Å²) in [6.45, 7) is 1.31. The van der Waals surface area contributed by atoms with Gasteiger partial charge in [0, 0.05) is 35.9 Å². The normalized spacial score (nSPS) is 14.9. The third kappa shape index (κ3) is 4.42. The number of carbonyl (C=O) groups excluding carboxylic acids is 1. The van der Waals surface area contributed by atoms with E-state index in [1.54, 1.807) is 12.3 Å². The highest BCUT2D eigenvalue weighted by molar-refractivity contribution is 6.00. The number of aromatic amines is 1. The van der Waals surface area contributed by atoms with Crippen molar-refractivity contribution >= 4 is 28.2 Å². The van der Waals surface area contributed by atoms with Gasteiger partial charge >= 0.3 is 6.18 Å². The van der Waals surface area contributed by atoms with Gasteiger partial charge in [-0.25, -0.2) is 0 Å². The number of rotatable bonds is 3. The number of carbonyl (C=O) groups is 1. The van der Waals surface area contributed by atoms with Crippen molar-refractivity contribution < 1.29 is 18.0 Å². The highest BCUT2D eigenvalue weighted by Gasteiger charge is 2.30. The number of fused-ring (bicyclic) bond motifs is 1. The van der Waals surface area contributed by atoms with Crippen LogP contribution in [-0.2, 0) is 11.0 Å². The van der Waals surface area contributed by atoms with Gasteiger partial charge in [0.05, 0.1) is 17.3 Å². The first-order valence-corrected chi connectivity index (χ1v) is 9.24. The minimum Gasteiger partial charge on any atom is -0.371 e. The summed E-state index contributed by atoms with van der Waals surface area (Å²) in [6.07, 6.45) is 0.377. The minimum absolute atomic E-state index is 0.193. The molecule has 150 valence electrons. The molecule has 2 N–H and O–H groups in total. The van der Waals surface area contributed by atoms with Gasteiger partial charge in [0.1, 0.15) is 0 Å². The first-order chi connectivity index (χ1) is 13.9. The fourth-order valence-electron chi connectivity index (χ4n) is 3.44. The molecule has 0 spiro atoms. The topological polar surface area (TPSA) is 61.0 Å². The lowest BCUT2D eigenvalue weighted by Crippen LogP contribution is -2.31. The highest BCUT2D eigenvalue weighted by Crippen LogP contribution is 2.31. The van der Waals surface area contributed by atoms with E-state index >= 15 is 0 Å². The summed E-state index contributed by atoms with van der Waals surface area (Å²) >= 11 is 0. The predicted molar refractivity (Wildman–Crippen MR) is 106 cm³/mol. The summed E-state index contributed by atoms with van der Waals surface area (Å²) in [7, 11) is 0. The van der Waals surface area contributed by atoms with E-state index in [2.05, 4.69) is 15.5 Å². The predicted octanol–water partition coefficient (Wildman–Crippen LogP) is 4.75. The maximum absolute atomic E-state index is 12.7. The lowest BCUT2D eigenvalue weighted by Gasteiger charge is -2.30. The number of hydrogen-bond donors (Lipinski definition) is 2. The fourth-order valence-corrected chi connectivity index (χ4v) is 3.44. The van der Waals surface area contributed by atoms with Gasteiger partial charge in [0.15, 0.2) is 0 Å². The Morgan fingerprint density at radius 3 is 2.52 bits per heavy atom. The van der Waals surface area contributed by atoms with Crippen LogP contribution >= 0.6 is 0 Å². The summed E-state index contributed by atoms with van der Waals surface area (Å²) in [4.78, 5) is 14.3. The summed E-state index contributed by atoms with van der Waals surface area (Å²) in [5, 5.41) is 10.6. The van der Waals surface area contributed by atoms with E-state index in [-0.39, 0.29) is 5.91 Å². The summed E-state index contributed by atoms with van der Waals surface area (Å²) in [5.74, 6) is -0.193. The van der Waals surface area contributed by atoms with E-state index in [4.69, 9.17) is 0 Å². The van der Waals surface area contributed by atoms with Crippen LogP contribution in [0.4, 0.5) is 24.5 Å². The standard InChI is InChI=1S/C21H19F3N4O/c22-21(23,24)16-2-5-18(6-3-16)28-9-7-14(8-10-28)11-20(29)26-17-4-1-15-13-25-27-19(15)12-17/h1-6,11-13H,7-10H2,(H,25,27)(H,26,29). The Labute approximate surface area is 165 Å². The number of aromatic nitrogens is 2. The molecular weight excluding hydrogens is 381 g/mol. The largest absolute Gasteiger partial charge is 0.416 e. The number of halogens is 3. The number of H-pyrrole nitrogens is 1. The van der Waals surface area contributed by atoms with Gasteiger partial charge in [0.25, 0.3) is 0 Å². The molecule has 4 rings (SSSR count). The van der Waals surface area contributed by atoms with Crippen LogP contribution in [0.25, 0.3) is 10.9 Å². The molecule has 2 heterocycles. The molecule has 1 amide bonds. The summed E-state index contributed by atoms with van der Waals surface area (Å²) in [6, 6.07) is 10.7. The smallest absolute Gasteiger partial charge is 0.371 e. The van der Waals surface area contributed by atoms with Crippen molar-refractivity contribution in [1.29, 1.82) is 0 Å². The number of hydrogen-bond acceptors (Lipinski definition) is 3. The van der Waals surface area contributed by atoms with Crippen LogP contribution in [0.3, 0.4) is 0 Å². The van der Waals surface area contributed by atoms with Crippen molar-refractivity contribution in [3.8, 4) is 0 Å². The van der Waals surface area contributed by atoms with E-state index in [0.717, 1.165) is 34.3 Å². The molecule has 0 radical (unpaired) electrons. The number of benzene rings is 2. The van der Waals surface area contributed by atoms with Gasteiger partial charge < -0.3 is 10.2 Å². The maximum Gasteiger partial charge on any atom is 0.416 e. The van der Waals surface area contributed by atoms with Crippen LogP contribution in [0.1, 0.15) is 18.4 Å². The summed E-state index contributed by atoms with van der Waals surface area (Å²) in [5.41, 5.74) is 2.66. The number of anilines is 2. The minimum atomic E-state index is -4.33. The van der Waals surface area contributed by atoms with E-state index in [0.29, 0.717) is 31.6 Å². The maximum atomic E-state index is 12.7. The average Bonchev–Trinajstić information content (AvgIpc) is 3.16. The van der Waals surface area contributed by atoms with Crippen LogP contribution < -0.4 is 10.2 Å². The molecular formula is C21H19F3N4O. The molecule has 0 unspecified atom stereocenters. The van der Waals surface area contributed by atoms with Gasteiger partial charge in [-0.3, -0.25) is 9.89 Å². The van der Waals surface area contributed by atoms with E-state index in [1.807, 2.05) is 23.1 Å². The van der Waals surface area contributed by atoms with Crippen LogP contribution in [0.2, 0.25) is 0 Å². The third-order valence-corrected chi connectivity index (χ3v) is 5.01. The molecule has 0 saturated carbocycles. The van der Waals surface area contributed by atoms with E-state index < -0.39 is 11.7 Å². The quantitative estimate of drug-likeness (QED) is 0.624. The van der Waals surface area contributed by atoms with Crippen LogP contribution in [0.15, 0.2) is 60.3 Å². The van der Waals surface area contributed by atoms with Gasteiger partial charge in [0.2, 0.25) is 5.91 Å². The third-order valence-electron chi connectivity index (χ3n) is 5.01. The second-order valence-corrected chi connectivity index (χ2v) is 7.00. The highest BCUT2D eigenvalue weighted by atomic mass is 19.4. The molecule has 2 aromatic carbocycles. The second-order valence-electron chi connectivity index (χ2n) is 7.00. The zero-order chi connectivity index (χ0) is 20.4. The van der Waals surface area contributed by atoms with Crippen LogP contribution in [-0.4, -0.2) is 29.2 Å². The SMILES string of the molecule is O=C(C=C1CCN(c2ccc(C(F)(F)F)cc2)CC1)Nc1ccc2cn[nH]c2c1. The van der Waals surface area contributed by atoms with Gasteiger partial charge in [-0.2, -0.15) is 18.3 Å². The van der Waals surface area contributed by atoms with Crippen molar-refractivity contribution in [2.75, 3.05) is 23.3 Å². The fraction of sp³-hybridized carbons (Fsp3) is 0.238. The van der Waals surface area contributed by atoms with E-state index in [1.165, 1.54) is 12.1 Å². The van der Waals surface area contributed by atoms with Crippen molar-refractivity contribution in [2.45, 2.75) is 19.0 Å². The van der Waals surface area contributed by atoms with Gasteiger partial charge in [-0.1, -0.05) is 5.57 Å². The van der Waals surface area contributed by atoms with Crippen molar-refractivity contribution in [2.24, 2.45) is 0 Å². The molecule has 0 atom stereocenters. The lowest BCUT2D eigenvalue weighted by atomic mass is 10.0. The van der Waals surface area contributed by atoms with E-state index in [9.17, 15) is 18.0 Å². The van der Waals surface area contributed by atoms with Crippen molar-refractivity contribution in [1.82, 2.24) is 10.2 Å². The molecule has 1 aliphatic rings. The Hall–Kier alpha value is -3.29. The van der Waals surface area contributed by atoms with Gasteiger partial charge in [-0.05, 0) is 55.3 Å². The lowest BCUT2D eigenvalue weighted by molar-refractivity contribution is -0.137. The molecule has 1 aliphatic heterocycles. The summed E-state index contributed by atoms with van der Waals surface area (Å²) < 4.78 is 38.1. The Kier molecular flexibility index (Phi) is 5.00. The Morgan fingerprint density at radius 2 is 1.83 bits per heavy atom. The van der Waals surface area contributed by atoms with Gasteiger partial charge in [-0.15, -0.1) is 0 Å². The molecule has 1 saturated heterocycles. The Morgan fingerprint density at radius 1 is 1.10 bits per heavy atom. The van der Waals surface area contributed by atoms with Crippen LogP contribution in [0.5, 0.6) is 0 Å². The number of piperidine rings is 1. The molecule has 0 bridgehead atoms. The molecule has 1 fully saturated rings. The average molecular weight is 400 g/mol. The second kappa shape index (κ2) is 7.62. The number of alkyl halides is 3. The first-order valence-electron chi connectivity index (χ1n) is 9.24. The Bertz CT molecular complexity index is 1040. The first kappa shape index (κ1) is 19.0. The molecule has 8 heteroatoms. The zero-order valence-electron chi connectivity index (χ0n) is 15.5. The number of amides is 1.